The van der Waals surface area contributed by atoms with Gasteiger partial charge in [-0.25, -0.2) is 9.59 Å². The van der Waals surface area contributed by atoms with Crippen molar-refractivity contribution >= 4 is 34.4 Å². The van der Waals surface area contributed by atoms with Gasteiger partial charge in [0.2, 0.25) is 5.91 Å². The largest absolute Gasteiger partial charge is 0.478 e. The molecule has 0 spiro atoms. The Hall–Kier alpha value is -3.68. The number of amides is 1. The Bertz CT molecular complexity index is 1090. The number of anilines is 1. The molecule has 3 rings (SSSR count). The van der Waals surface area contributed by atoms with E-state index in [0.29, 0.717) is 16.8 Å². The molecule has 0 aliphatic heterocycles. The van der Waals surface area contributed by atoms with Gasteiger partial charge in [0, 0.05) is 11.3 Å². The molecular formula is C18H14N2O6. The minimum absolute atomic E-state index is 0.0242. The van der Waals surface area contributed by atoms with E-state index in [1.54, 1.807) is 18.2 Å². The van der Waals surface area contributed by atoms with Gasteiger partial charge in [-0.1, -0.05) is 12.1 Å². The molecule has 8 heteroatoms. The van der Waals surface area contributed by atoms with Crippen LogP contribution in [0.1, 0.15) is 27.6 Å². The standard InChI is InChI=1S/C18H14N2O6/c1-10(21)11-3-2-4-13(7-11)19-16(22)9-20-14-6-5-12(17(23)24)8-15(14)26-18(20)25/h2-8H,9H2,1H3,(H,19,22)(H,23,24). The molecule has 0 saturated heterocycles. The van der Waals surface area contributed by atoms with Crippen LogP contribution in [-0.4, -0.2) is 27.3 Å². The Morgan fingerprint density at radius 2 is 1.88 bits per heavy atom. The van der Waals surface area contributed by atoms with Crippen molar-refractivity contribution in [3.8, 4) is 0 Å². The van der Waals surface area contributed by atoms with E-state index in [1.165, 1.54) is 31.2 Å². The Morgan fingerprint density at radius 1 is 1.12 bits per heavy atom. The molecule has 0 fully saturated rings. The monoisotopic (exact) mass is 354 g/mol. The maximum absolute atomic E-state index is 12.2. The summed E-state index contributed by atoms with van der Waals surface area (Å²) in [7, 11) is 0. The Morgan fingerprint density at radius 3 is 2.58 bits per heavy atom. The van der Waals surface area contributed by atoms with Crippen molar-refractivity contribution in [1.82, 2.24) is 4.57 Å². The lowest BCUT2D eigenvalue weighted by atomic mass is 10.1. The lowest BCUT2D eigenvalue weighted by Gasteiger charge is -2.07. The maximum Gasteiger partial charge on any atom is 0.420 e. The van der Waals surface area contributed by atoms with Crippen LogP contribution in [0.15, 0.2) is 51.7 Å². The first-order chi connectivity index (χ1) is 12.3. The summed E-state index contributed by atoms with van der Waals surface area (Å²) in [5, 5.41) is 11.6. The van der Waals surface area contributed by atoms with Gasteiger partial charge in [-0.3, -0.25) is 14.2 Å². The van der Waals surface area contributed by atoms with E-state index in [0.717, 1.165) is 4.57 Å². The molecule has 26 heavy (non-hydrogen) atoms. The summed E-state index contributed by atoms with van der Waals surface area (Å²) in [6.07, 6.45) is 0. The number of aromatic carboxylic acids is 1. The first kappa shape index (κ1) is 17.2. The van der Waals surface area contributed by atoms with Crippen LogP contribution in [0.3, 0.4) is 0 Å². The van der Waals surface area contributed by atoms with E-state index in [9.17, 15) is 19.2 Å². The van der Waals surface area contributed by atoms with E-state index in [-0.39, 0.29) is 23.5 Å². The third-order valence-electron chi connectivity index (χ3n) is 3.77. The second-order valence-corrected chi connectivity index (χ2v) is 5.63. The number of carboxylic acids is 1. The summed E-state index contributed by atoms with van der Waals surface area (Å²) in [5.74, 6) is -2.54. The molecule has 0 unspecified atom stereocenters. The van der Waals surface area contributed by atoms with Gasteiger partial charge in [-0.05, 0) is 37.3 Å². The highest BCUT2D eigenvalue weighted by Gasteiger charge is 2.15. The summed E-state index contributed by atoms with van der Waals surface area (Å²) < 4.78 is 6.11. The number of carbonyl (C=O) groups excluding carboxylic acids is 2. The smallest absolute Gasteiger partial charge is 0.420 e. The van der Waals surface area contributed by atoms with Gasteiger partial charge in [-0.15, -0.1) is 0 Å². The number of ketones is 1. The number of fused-ring (bicyclic) bond motifs is 1. The number of aromatic nitrogens is 1. The number of rotatable bonds is 5. The number of nitrogens with one attached hydrogen (secondary N) is 1. The van der Waals surface area contributed by atoms with Crippen LogP contribution >= 0.6 is 0 Å². The summed E-state index contributed by atoms with van der Waals surface area (Å²) >= 11 is 0. The van der Waals surface area contributed by atoms with Crippen LogP contribution in [0, 0.1) is 0 Å². The zero-order valence-corrected chi connectivity index (χ0v) is 13.7. The van der Waals surface area contributed by atoms with Crippen LogP contribution in [0.4, 0.5) is 5.69 Å². The van der Waals surface area contributed by atoms with Crippen molar-refractivity contribution in [2.45, 2.75) is 13.5 Å². The highest BCUT2D eigenvalue weighted by molar-refractivity contribution is 5.97. The third kappa shape index (κ3) is 3.39. The minimum atomic E-state index is -1.15. The Kier molecular flexibility index (Phi) is 4.40. The molecule has 0 aliphatic rings. The van der Waals surface area contributed by atoms with Crippen molar-refractivity contribution in [3.63, 3.8) is 0 Å². The molecule has 0 atom stereocenters. The topological polar surface area (TPSA) is 119 Å². The second kappa shape index (κ2) is 6.67. The number of nitrogens with zero attached hydrogens (tertiary/aromatic N) is 1. The first-order valence-electron chi connectivity index (χ1n) is 7.62. The predicted molar refractivity (Wildman–Crippen MR) is 92.5 cm³/mol. The van der Waals surface area contributed by atoms with Crippen molar-refractivity contribution in [2.24, 2.45) is 0 Å². The van der Waals surface area contributed by atoms with Crippen molar-refractivity contribution in [2.75, 3.05) is 5.32 Å². The van der Waals surface area contributed by atoms with Gasteiger partial charge >= 0.3 is 11.7 Å². The van der Waals surface area contributed by atoms with E-state index in [1.807, 2.05) is 0 Å². The molecule has 3 aromatic rings. The molecule has 0 saturated carbocycles. The van der Waals surface area contributed by atoms with E-state index in [2.05, 4.69) is 5.32 Å². The third-order valence-corrected chi connectivity index (χ3v) is 3.77. The molecule has 0 bridgehead atoms. The summed E-state index contributed by atoms with van der Waals surface area (Å²) in [6, 6.07) is 10.4. The zero-order valence-electron chi connectivity index (χ0n) is 13.7. The molecule has 2 aromatic carbocycles. The minimum Gasteiger partial charge on any atom is -0.478 e. The quantitative estimate of drug-likeness (QED) is 0.678. The first-order valence-corrected chi connectivity index (χ1v) is 7.62. The Labute approximate surface area is 146 Å². The molecule has 1 aromatic heterocycles. The molecule has 1 heterocycles. The predicted octanol–water partition coefficient (Wildman–Crippen LogP) is 2.13. The number of benzene rings is 2. The summed E-state index contributed by atoms with van der Waals surface area (Å²) in [4.78, 5) is 46.6. The van der Waals surface area contributed by atoms with Gasteiger partial charge in [0.1, 0.15) is 6.54 Å². The highest BCUT2D eigenvalue weighted by atomic mass is 16.4. The summed E-state index contributed by atoms with van der Waals surface area (Å²) in [5.41, 5.74) is 1.25. The van der Waals surface area contributed by atoms with Crippen molar-refractivity contribution < 1.29 is 23.9 Å². The normalized spacial score (nSPS) is 10.7. The molecule has 1 amide bonds. The fourth-order valence-corrected chi connectivity index (χ4v) is 2.51. The number of carboxylic acid groups (broad SMARTS) is 1. The second-order valence-electron chi connectivity index (χ2n) is 5.63. The molecule has 0 radical (unpaired) electrons. The van der Waals surface area contributed by atoms with Crippen LogP contribution < -0.4 is 11.1 Å². The fourth-order valence-electron chi connectivity index (χ4n) is 2.51. The number of oxazole rings is 1. The average molecular weight is 354 g/mol. The number of hydrogen-bond acceptors (Lipinski definition) is 5. The Balaban J connectivity index is 1.84. The van der Waals surface area contributed by atoms with E-state index >= 15 is 0 Å². The van der Waals surface area contributed by atoms with Crippen molar-refractivity contribution in [3.05, 3.63) is 64.1 Å². The average Bonchev–Trinajstić information content (AvgIpc) is 2.89. The summed E-state index contributed by atoms with van der Waals surface area (Å²) in [6.45, 7) is 1.10. The number of hydrogen-bond donors (Lipinski definition) is 2. The molecule has 8 nitrogen and oxygen atoms in total. The SMILES string of the molecule is CC(=O)c1cccc(NC(=O)Cn2c(=O)oc3cc(C(=O)O)ccc32)c1. The van der Waals surface area contributed by atoms with Gasteiger partial charge in [0.15, 0.2) is 11.4 Å². The van der Waals surface area contributed by atoms with Gasteiger partial charge < -0.3 is 14.8 Å². The van der Waals surface area contributed by atoms with E-state index < -0.39 is 17.6 Å². The van der Waals surface area contributed by atoms with Crippen LogP contribution in [0.25, 0.3) is 11.1 Å². The van der Waals surface area contributed by atoms with Gasteiger partial charge in [0.25, 0.3) is 0 Å². The fraction of sp³-hybridized carbons (Fsp3) is 0.111. The van der Waals surface area contributed by atoms with Crippen LogP contribution in [-0.2, 0) is 11.3 Å². The van der Waals surface area contributed by atoms with Gasteiger partial charge in [-0.2, -0.15) is 0 Å². The maximum atomic E-state index is 12.2. The van der Waals surface area contributed by atoms with E-state index in [4.69, 9.17) is 9.52 Å². The van der Waals surface area contributed by atoms with Crippen molar-refractivity contribution in [1.29, 1.82) is 0 Å². The number of Topliss-reactive ketones (excluding diaryl/α,β-unsaturated/α-hetero) is 1. The number of carbonyl (C=O) groups is 3. The molecule has 132 valence electrons. The molecule has 2 N–H and O–H groups in total. The zero-order chi connectivity index (χ0) is 18.8. The molecular weight excluding hydrogens is 340 g/mol. The lowest BCUT2D eigenvalue weighted by Crippen LogP contribution is -2.24. The van der Waals surface area contributed by atoms with Crippen LogP contribution in [0.2, 0.25) is 0 Å². The highest BCUT2D eigenvalue weighted by Crippen LogP contribution is 2.16. The molecule has 0 aliphatic carbocycles. The van der Waals surface area contributed by atoms with Crippen LogP contribution in [0.5, 0.6) is 0 Å². The van der Waals surface area contributed by atoms with Gasteiger partial charge in [0.05, 0.1) is 11.1 Å². The lowest BCUT2D eigenvalue weighted by molar-refractivity contribution is -0.116.